The summed E-state index contributed by atoms with van der Waals surface area (Å²) in [6, 6.07) is 2.33. The largest absolute Gasteiger partial charge is 0.338 e. The molecule has 1 fully saturated rings. The van der Waals surface area contributed by atoms with Crippen LogP contribution in [0, 0.1) is 6.92 Å². The predicted molar refractivity (Wildman–Crippen MR) is 90.5 cm³/mol. The van der Waals surface area contributed by atoms with Gasteiger partial charge < -0.3 is 9.80 Å². The molecular formula is C16H21N5OS. The number of aromatic nitrogens is 3. The van der Waals surface area contributed by atoms with Gasteiger partial charge in [-0.05, 0) is 39.9 Å². The zero-order chi connectivity index (χ0) is 16.4. The molecule has 1 aliphatic rings. The maximum atomic E-state index is 12.8. The van der Waals surface area contributed by atoms with Crippen molar-refractivity contribution in [1.82, 2.24) is 24.8 Å². The second-order valence-corrected chi connectivity index (χ2v) is 6.99. The molecule has 6 nitrogen and oxygen atoms in total. The number of rotatable bonds is 3. The lowest BCUT2D eigenvalue weighted by atomic mass is 10.0. The molecule has 1 aliphatic heterocycles. The Balaban J connectivity index is 1.75. The number of piperidine rings is 1. The molecule has 0 saturated carbocycles. The van der Waals surface area contributed by atoms with Gasteiger partial charge in [-0.25, -0.2) is 15.0 Å². The summed E-state index contributed by atoms with van der Waals surface area (Å²) in [7, 11) is 4.20. The fourth-order valence-corrected chi connectivity index (χ4v) is 3.81. The van der Waals surface area contributed by atoms with Gasteiger partial charge >= 0.3 is 0 Å². The monoisotopic (exact) mass is 331 g/mol. The van der Waals surface area contributed by atoms with E-state index in [1.165, 1.54) is 11.3 Å². The number of nitrogens with zero attached hydrogens (tertiary/aromatic N) is 5. The maximum absolute atomic E-state index is 12.8. The second-order valence-electron chi connectivity index (χ2n) is 5.99. The second kappa shape index (κ2) is 6.72. The number of thiazole rings is 1. The van der Waals surface area contributed by atoms with Crippen LogP contribution in [0.3, 0.4) is 0 Å². The smallest absolute Gasteiger partial charge is 0.265 e. The molecule has 0 aliphatic carbocycles. The third kappa shape index (κ3) is 3.40. The van der Waals surface area contributed by atoms with Gasteiger partial charge in [-0.15, -0.1) is 11.3 Å². The quantitative estimate of drug-likeness (QED) is 0.862. The number of hydrogen-bond donors (Lipinski definition) is 0. The number of hydrogen-bond acceptors (Lipinski definition) is 6. The lowest BCUT2D eigenvalue weighted by molar-refractivity contribution is 0.0667. The first-order valence-electron chi connectivity index (χ1n) is 7.77. The summed E-state index contributed by atoms with van der Waals surface area (Å²) in [5.41, 5.74) is 0.761. The van der Waals surface area contributed by atoms with Crippen LogP contribution >= 0.6 is 11.3 Å². The first kappa shape index (κ1) is 16.0. The zero-order valence-corrected chi connectivity index (χ0v) is 14.5. The molecule has 23 heavy (non-hydrogen) atoms. The first-order valence-corrected chi connectivity index (χ1v) is 8.58. The highest BCUT2D eigenvalue weighted by Gasteiger charge is 2.27. The summed E-state index contributed by atoms with van der Waals surface area (Å²) >= 11 is 1.38. The van der Waals surface area contributed by atoms with Crippen LogP contribution in [0.4, 0.5) is 0 Å². The van der Waals surface area contributed by atoms with E-state index in [9.17, 15) is 4.79 Å². The number of carbonyl (C=O) groups is 1. The van der Waals surface area contributed by atoms with Crippen molar-refractivity contribution in [3.05, 3.63) is 29.0 Å². The van der Waals surface area contributed by atoms with E-state index in [0.29, 0.717) is 21.8 Å². The van der Waals surface area contributed by atoms with Crippen LogP contribution in [0.5, 0.6) is 0 Å². The molecule has 0 aromatic carbocycles. The summed E-state index contributed by atoms with van der Waals surface area (Å²) in [4.78, 5) is 30.6. The average Bonchev–Trinajstić information content (AvgIpc) is 2.97. The molecular weight excluding hydrogens is 310 g/mol. The minimum Gasteiger partial charge on any atom is -0.338 e. The fraction of sp³-hybridized carbons (Fsp3) is 0.500. The summed E-state index contributed by atoms with van der Waals surface area (Å²) < 4.78 is 0. The average molecular weight is 331 g/mol. The van der Waals surface area contributed by atoms with Gasteiger partial charge in [0.05, 0.1) is 5.69 Å². The third-order valence-electron chi connectivity index (χ3n) is 4.23. The van der Waals surface area contributed by atoms with Crippen molar-refractivity contribution in [2.75, 3.05) is 27.2 Å². The normalized spacial score (nSPS) is 16.1. The lowest BCUT2D eigenvalue weighted by Gasteiger charge is -2.35. The molecule has 3 heterocycles. The Labute approximate surface area is 140 Å². The van der Waals surface area contributed by atoms with Gasteiger partial charge in [-0.2, -0.15) is 0 Å². The van der Waals surface area contributed by atoms with Crippen LogP contribution in [0.25, 0.3) is 10.8 Å². The summed E-state index contributed by atoms with van der Waals surface area (Å²) in [6.07, 6.45) is 5.41. The molecule has 122 valence electrons. The van der Waals surface area contributed by atoms with Gasteiger partial charge in [0.25, 0.3) is 5.91 Å². The van der Waals surface area contributed by atoms with Crippen LogP contribution < -0.4 is 0 Å². The highest BCUT2D eigenvalue weighted by atomic mass is 32.1. The highest BCUT2D eigenvalue weighted by Crippen LogP contribution is 2.27. The summed E-state index contributed by atoms with van der Waals surface area (Å²) in [6.45, 7) is 3.48. The van der Waals surface area contributed by atoms with Gasteiger partial charge in [-0.3, -0.25) is 4.79 Å². The van der Waals surface area contributed by atoms with E-state index in [-0.39, 0.29) is 5.91 Å². The van der Waals surface area contributed by atoms with E-state index in [4.69, 9.17) is 0 Å². The van der Waals surface area contributed by atoms with Crippen molar-refractivity contribution in [2.24, 2.45) is 0 Å². The number of amides is 1. The van der Waals surface area contributed by atoms with Crippen molar-refractivity contribution >= 4 is 17.2 Å². The molecule has 1 amide bonds. The Bertz CT molecular complexity index is 677. The minimum atomic E-state index is 0.0828. The summed E-state index contributed by atoms with van der Waals surface area (Å²) in [5, 5.41) is 0.703. The first-order chi connectivity index (χ1) is 11.1. The van der Waals surface area contributed by atoms with Gasteiger partial charge in [0.1, 0.15) is 4.88 Å². The number of likely N-dealkylation sites (tertiary alicyclic amines) is 1. The number of carbonyl (C=O) groups excluding carboxylic acids is 1. The molecule has 0 bridgehead atoms. The predicted octanol–water partition coefficient (Wildman–Crippen LogP) is 2.07. The van der Waals surface area contributed by atoms with E-state index >= 15 is 0 Å². The van der Waals surface area contributed by atoms with Crippen molar-refractivity contribution < 1.29 is 4.79 Å². The Morgan fingerprint density at radius 1 is 1.26 bits per heavy atom. The van der Waals surface area contributed by atoms with Crippen molar-refractivity contribution in [1.29, 1.82) is 0 Å². The van der Waals surface area contributed by atoms with Crippen LogP contribution in [0.15, 0.2) is 18.5 Å². The third-order valence-corrected chi connectivity index (χ3v) is 5.37. The van der Waals surface area contributed by atoms with Gasteiger partial charge in [0, 0.05) is 31.5 Å². The Kier molecular flexibility index (Phi) is 4.68. The highest BCUT2D eigenvalue weighted by molar-refractivity contribution is 7.17. The molecule has 2 aromatic rings. The van der Waals surface area contributed by atoms with Crippen LogP contribution in [0.1, 0.15) is 28.2 Å². The van der Waals surface area contributed by atoms with Crippen molar-refractivity contribution in [2.45, 2.75) is 25.8 Å². The maximum Gasteiger partial charge on any atom is 0.265 e. The van der Waals surface area contributed by atoms with E-state index in [1.54, 1.807) is 18.5 Å². The molecule has 0 N–H and O–H groups in total. The molecule has 7 heteroatoms. The van der Waals surface area contributed by atoms with Crippen LogP contribution in [-0.2, 0) is 0 Å². The lowest BCUT2D eigenvalue weighted by Crippen LogP contribution is -2.44. The fourth-order valence-electron chi connectivity index (χ4n) is 2.83. The topological polar surface area (TPSA) is 62.2 Å². The molecule has 0 radical (unpaired) electrons. The van der Waals surface area contributed by atoms with E-state index in [2.05, 4.69) is 33.9 Å². The number of aryl methyl sites for hydroxylation is 1. The van der Waals surface area contributed by atoms with Crippen molar-refractivity contribution in [3.8, 4) is 10.8 Å². The molecule has 1 saturated heterocycles. The Morgan fingerprint density at radius 3 is 2.52 bits per heavy atom. The molecule has 2 aromatic heterocycles. The van der Waals surface area contributed by atoms with E-state index in [1.807, 2.05) is 11.8 Å². The molecule has 3 rings (SSSR count). The SMILES string of the molecule is Cc1nc(-c2ncccn2)sc1C(=O)N1CCC(N(C)C)CC1. The van der Waals surface area contributed by atoms with E-state index in [0.717, 1.165) is 31.6 Å². The molecule has 0 unspecified atom stereocenters. The zero-order valence-electron chi connectivity index (χ0n) is 13.7. The molecule has 0 spiro atoms. The van der Waals surface area contributed by atoms with Crippen LogP contribution in [0.2, 0.25) is 0 Å². The Hall–Kier alpha value is -1.86. The standard InChI is InChI=1S/C16H21N5OS/c1-11-13(23-15(19-11)14-17-7-4-8-18-14)16(22)21-9-5-12(6-10-21)20(2)3/h4,7-8,12H,5-6,9-10H2,1-3H3. The summed E-state index contributed by atoms with van der Waals surface area (Å²) in [5.74, 6) is 0.658. The van der Waals surface area contributed by atoms with Crippen molar-refractivity contribution in [3.63, 3.8) is 0 Å². The molecule has 0 atom stereocenters. The van der Waals surface area contributed by atoms with E-state index < -0.39 is 0 Å². The van der Waals surface area contributed by atoms with Crippen LogP contribution in [-0.4, -0.2) is 63.9 Å². The Morgan fingerprint density at radius 2 is 1.91 bits per heavy atom. The van der Waals surface area contributed by atoms with Gasteiger partial charge in [0.15, 0.2) is 10.8 Å². The minimum absolute atomic E-state index is 0.0828. The van der Waals surface area contributed by atoms with Gasteiger partial charge in [0.2, 0.25) is 0 Å². The van der Waals surface area contributed by atoms with Gasteiger partial charge in [-0.1, -0.05) is 0 Å².